The maximum atomic E-state index is 13.3. The molecule has 2 aromatic carbocycles. The van der Waals surface area contributed by atoms with Crippen LogP contribution in [0.15, 0.2) is 48.5 Å². The molecule has 0 spiro atoms. The van der Waals surface area contributed by atoms with E-state index in [1.54, 1.807) is 24.3 Å². The molecule has 22 heavy (non-hydrogen) atoms. The minimum Gasteiger partial charge on any atom is -0.489 e. The number of nitrogens with one attached hydrogen (secondary N) is 2. The second-order valence-electron chi connectivity index (χ2n) is 4.51. The molecular weight excluding hydrogens is 290 g/mol. The van der Waals surface area contributed by atoms with Gasteiger partial charge in [0.2, 0.25) is 0 Å². The van der Waals surface area contributed by atoms with Gasteiger partial charge in [0, 0.05) is 6.54 Å². The lowest BCUT2D eigenvalue weighted by molar-refractivity contribution is 0.235. The van der Waals surface area contributed by atoms with Crippen molar-refractivity contribution >= 4 is 6.03 Å². The number of amides is 2. The Bertz CT molecular complexity index is 618. The predicted molar refractivity (Wildman–Crippen MR) is 78.5 cm³/mol. The van der Waals surface area contributed by atoms with Gasteiger partial charge in [0.25, 0.3) is 0 Å². The molecule has 0 bridgehead atoms. The van der Waals surface area contributed by atoms with E-state index in [0.29, 0.717) is 6.54 Å². The fraction of sp³-hybridized carbons (Fsp3) is 0.188. The van der Waals surface area contributed by atoms with Crippen LogP contribution >= 0.6 is 0 Å². The summed E-state index contributed by atoms with van der Waals surface area (Å²) in [6.45, 7) is 0.689. The van der Waals surface area contributed by atoms with E-state index in [4.69, 9.17) is 4.74 Å². The Morgan fingerprint density at radius 1 is 1.00 bits per heavy atom. The molecule has 0 saturated heterocycles. The zero-order valence-corrected chi connectivity index (χ0v) is 11.8. The Morgan fingerprint density at radius 3 is 2.45 bits per heavy atom. The minimum absolute atomic E-state index is 0.149. The van der Waals surface area contributed by atoms with Crippen molar-refractivity contribution in [3.63, 3.8) is 0 Å². The molecule has 0 aliphatic carbocycles. The highest BCUT2D eigenvalue weighted by Gasteiger charge is 2.03. The third-order valence-corrected chi connectivity index (χ3v) is 2.85. The van der Waals surface area contributed by atoms with Gasteiger partial charge in [-0.15, -0.1) is 0 Å². The molecule has 6 heteroatoms. The second-order valence-corrected chi connectivity index (χ2v) is 4.51. The normalized spacial score (nSPS) is 10.1. The van der Waals surface area contributed by atoms with Crippen molar-refractivity contribution in [3.05, 3.63) is 65.7 Å². The number of benzene rings is 2. The third-order valence-electron chi connectivity index (χ3n) is 2.85. The second kappa shape index (κ2) is 7.97. The average molecular weight is 306 g/mol. The van der Waals surface area contributed by atoms with Crippen molar-refractivity contribution in [1.29, 1.82) is 0 Å². The standard InChI is InChI=1S/C16H16F2N2O2/c17-13-7-5-12(6-8-13)11-20-16(21)19-9-10-22-15-4-2-1-3-14(15)18/h1-8H,9-11H2,(H2,19,20,21). The molecule has 0 unspecified atom stereocenters. The smallest absolute Gasteiger partial charge is 0.315 e. The summed E-state index contributed by atoms with van der Waals surface area (Å²) in [5.41, 5.74) is 0.791. The van der Waals surface area contributed by atoms with Crippen LogP contribution in [0.1, 0.15) is 5.56 Å². The highest BCUT2D eigenvalue weighted by Crippen LogP contribution is 2.14. The van der Waals surface area contributed by atoms with Crippen LogP contribution in [0.2, 0.25) is 0 Å². The largest absolute Gasteiger partial charge is 0.489 e. The summed E-state index contributed by atoms with van der Waals surface area (Å²) >= 11 is 0. The summed E-state index contributed by atoms with van der Waals surface area (Å²) in [4.78, 5) is 11.5. The number of carbonyl (C=O) groups excluding carboxylic acids is 1. The lowest BCUT2D eigenvalue weighted by Gasteiger charge is -2.09. The first-order valence-corrected chi connectivity index (χ1v) is 6.78. The van der Waals surface area contributed by atoms with Gasteiger partial charge in [-0.2, -0.15) is 0 Å². The number of urea groups is 1. The topological polar surface area (TPSA) is 50.4 Å². The number of halogens is 2. The number of carbonyl (C=O) groups is 1. The maximum absolute atomic E-state index is 13.3. The summed E-state index contributed by atoms with van der Waals surface area (Å²) in [6, 6.07) is 11.5. The molecule has 0 atom stereocenters. The average Bonchev–Trinajstić information content (AvgIpc) is 2.52. The number of para-hydroxylation sites is 1. The Labute approximate surface area is 127 Å². The monoisotopic (exact) mass is 306 g/mol. The van der Waals surface area contributed by atoms with Crippen LogP contribution in [0.25, 0.3) is 0 Å². The van der Waals surface area contributed by atoms with Crippen LogP contribution in [0, 0.1) is 11.6 Å². The van der Waals surface area contributed by atoms with Gasteiger partial charge in [-0.05, 0) is 29.8 Å². The van der Waals surface area contributed by atoms with Crippen LogP contribution < -0.4 is 15.4 Å². The first-order chi connectivity index (χ1) is 10.6. The molecule has 0 aliphatic heterocycles. The number of rotatable bonds is 6. The summed E-state index contributed by atoms with van der Waals surface area (Å²) in [5, 5.41) is 5.21. The van der Waals surface area contributed by atoms with Crippen LogP contribution in [0.3, 0.4) is 0 Å². The molecule has 2 rings (SSSR count). The molecule has 0 fully saturated rings. The van der Waals surface area contributed by atoms with Gasteiger partial charge in [-0.25, -0.2) is 13.6 Å². The Kier molecular flexibility index (Phi) is 5.71. The molecule has 0 radical (unpaired) electrons. The fourth-order valence-corrected chi connectivity index (χ4v) is 1.73. The van der Waals surface area contributed by atoms with E-state index in [9.17, 15) is 13.6 Å². The molecular formula is C16H16F2N2O2. The highest BCUT2D eigenvalue weighted by molar-refractivity contribution is 5.73. The van der Waals surface area contributed by atoms with E-state index >= 15 is 0 Å². The van der Waals surface area contributed by atoms with Crippen LogP contribution in [-0.4, -0.2) is 19.2 Å². The molecule has 0 heterocycles. The summed E-state index contributed by atoms with van der Waals surface area (Å²) < 4.78 is 31.2. The first kappa shape index (κ1) is 15.8. The molecule has 2 N–H and O–H groups in total. The van der Waals surface area contributed by atoms with Crippen molar-refractivity contribution < 1.29 is 18.3 Å². The highest BCUT2D eigenvalue weighted by atomic mass is 19.1. The van der Waals surface area contributed by atoms with Crippen molar-refractivity contribution in [2.75, 3.05) is 13.2 Å². The SMILES string of the molecule is O=C(NCCOc1ccccc1F)NCc1ccc(F)cc1. The van der Waals surface area contributed by atoms with E-state index in [1.807, 2.05) is 0 Å². The summed E-state index contributed by atoms with van der Waals surface area (Å²) in [6.07, 6.45) is 0. The zero-order valence-electron chi connectivity index (χ0n) is 11.8. The van der Waals surface area contributed by atoms with E-state index < -0.39 is 5.82 Å². The number of hydrogen-bond donors (Lipinski definition) is 2. The molecule has 116 valence electrons. The fourth-order valence-electron chi connectivity index (χ4n) is 1.73. The molecule has 2 aromatic rings. The Balaban J connectivity index is 1.64. The van der Waals surface area contributed by atoms with Crippen molar-refractivity contribution in [2.45, 2.75) is 6.54 Å². The van der Waals surface area contributed by atoms with E-state index in [-0.39, 0.29) is 30.7 Å². The molecule has 0 aromatic heterocycles. The van der Waals surface area contributed by atoms with Gasteiger partial charge in [0.15, 0.2) is 11.6 Å². The van der Waals surface area contributed by atoms with Gasteiger partial charge in [0.1, 0.15) is 12.4 Å². The maximum Gasteiger partial charge on any atom is 0.315 e. The lowest BCUT2D eigenvalue weighted by atomic mass is 10.2. The minimum atomic E-state index is -0.441. The lowest BCUT2D eigenvalue weighted by Crippen LogP contribution is -2.37. The predicted octanol–water partition coefficient (Wildman–Crippen LogP) is 2.84. The Morgan fingerprint density at radius 2 is 1.73 bits per heavy atom. The van der Waals surface area contributed by atoms with Crippen LogP contribution in [0.4, 0.5) is 13.6 Å². The van der Waals surface area contributed by atoms with Gasteiger partial charge < -0.3 is 15.4 Å². The van der Waals surface area contributed by atoms with Crippen molar-refractivity contribution in [1.82, 2.24) is 10.6 Å². The van der Waals surface area contributed by atoms with Gasteiger partial charge in [-0.1, -0.05) is 24.3 Å². The zero-order chi connectivity index (χ0) is 15.8. The summed E-state index contributed by atoms with van der Waals surface area (Å²) in [5.74, 6) is -0.613. The van der Waals surface area contributed by atoms with Crippen LogP contribution in [-0.2, 0) is 6.54 Å². The number of ether oxygens (including phenoxy) is 1. The quantitative estimate of drug-likeness (QED) is 0.806. The number of hydrogen-bond acceptors (Lipinski definition) is 2. The van der Waals surface area contributed by atoms with Gasteiger partial charge in [-0.3, -0.25) is 0 Å². The summed E-state index contributed by atoms with van der Waals surface area (Å²) in [7, 11) is 0. The van der Waals surface area contributed by atoms with E-state index in [1.165, 1.54) is 24.3 Å². The molecule has 4 nitrogen and oxygen atoms in total. The third kappa shape index (κ3) is 5.05. The first-order valence-electron chi connectivity index (χ1n) is 6.78. The van der Waals surface area contributed by atoms with E-state index in [2.05, 4.69) is 10.6 Å². The molecule has 0 saturated carbocycles. The van der Waals surface area contributed by atoms with E-state index in [0.717, 1.165) is 5.56 Å². The van der Waals surface area contributed by atoms with Crippen molar-refractivity contribution in [3.8, 4) is 5.75 Å². The van der Waals surface area contributed by atoms with Gasteiger partial charge in [0.05, 0.1) is 6.54 Å². The van der Waals surface area contributed by atoms with Gasteiger partial charge >= 0.3 is 6.03 Å². The Hall–Kier alpha value is -2.63. The molecule has 0 aliphatic rings. The molecule has 2 amide bonds. The van der Waals surface area contributed by atoms with Crippen LogP contribution in [0.5, 0.6) is 5.75 Å². The van der Waals surface area contributed by atoms with Crippen molar-refractivity contribution in [2.24, 2.45) is 0 Å².